The first-order valence-corrected chi connectivity index (χ1v) is 7.66. The summed E-state index contributed by atoms with van der Waals surface area (Å²) in [7, 11) is 0. The summed E-state index contributed by atoms with van der Waals surface area (Å²) >= 11 is 5.85. The van der Waals surface area contributed by atoms with Crippen molar-refractivity contribution in [2.45, 2.75) is 25.5 Å². The van der Waals surface area contributed by atoms with Gasteiger partial charge < -0.3 is 26.6 Å². The number of nitrogens with two attached hydrogens (primary N) is 2. The van der Waals surface area contributed by atoms with Crippen molar-refractivity contribution in [3.63, 3.8) is 0 Å². The first-order valence-electron chi connectivity index (χ1n) is 7.28. The number of hydrogen-bond acceptors (Lipinski definition) is 4. The molecule has 9 heteroatoms. The molecule has 0 saturated carbocycles. The molecule has 1 amide bonds. The molecule has 0 fully saturated rings. The van der Waals surface area contributed by atoms with Crippen molar-refractivity contribution < 1.29 is 19.4 Å². The van der Waals surface area contributed by atoms with Crippen molar-refractivity contribution in [3.05, 3.63) is 34.9 Å². The van der Waals surface area contributed by atoms with Gasteiger partial charge in [-0.3, -0.25) is 9.79 Å². The average Bonchev–Trinajstić information content (AvgIpc) is 2.50. The number of hydrogen-bond donors (Lipinski definition) is 4. The maximum atomic E-state index is 11.8. The van der Waals surface area contributed by atoms with Crippen LogP contribution in [0.15, 0.2) is 29.3 Å². The van der Waals surface area contributed by atoms with E-state index in [0.29, 0.717) is 18.0 Å². The van der Waals surface area contributed by atoms with Gasteiger partial charge in [0.1, 0.15) is 12.6 Å². The number of aliphatic imine (C=N–C) groups is 1. The van der Waals surface area contributed by atoms with Crippen molar-refractivity contribution in [1.82, 2.24) is 5.32 Å². The number of benzene rings is 1. The third kappa shape index (κ3) is 8.35. The van der Waals surface area contributed by atoms with E-state index in [1.54, 1.807) is 18.2 Å². The van der Waals surface area contributed by atoms with Gasteiger partial charge in [-0.25, -0.2) is 4.79 Å². The maximum Gasteiger partial charge on any atom is 0.326 e. The Labute approximate surface area is 144 Å². The number of nitrogens with zero attached hydrogens (tertiary/aromatic N) is 1. The molecule has 0 bridgehead atoms. The Morgan fingerprint density at radius 2 is 2.12 bits per heavy atom. The lowest BCUT2D eigenvalue weighted by molar-refractivity contribution is -0.142. The van der Waals surface area contributed by atoms with Crippen molar-refractivity contribution >= 4 is 29.4 Å². The third-order valence-corrected chi connectivity index (χ3v) is 3.20. The minimum absolute atomic E-state index is 0.0553. The number of carboxylic acid groups (broad SMARTS) is 1. The first kappa shape index (κ1) is 19.7. The molecule has 1 rings (SSSR count). The fourth-order valence-electron chi connectivity index (χ4n) is 1.89. The van der Waals surface area contributed by atoms with E-state index >= 15 is 0 Å². The van der Waals surface area contributed by atoms with Gasteiger partial charge in [0.05, 0.1) is 6.61 Å². The number of aliphatic carboxylic acids is 1. The molecule has 6 N–H and O–H groups in total. The van der Waals surface area contributed by atoms with Gasteiger partial charge in [0.15, 0.2) is 5.96 Å². The number of amides is 1. The van der Waals surface area contributed by atoms with Crippen LogP contribution in [0.4, 0.5) is 0 Å². The SMILES string of the molecule is NC(N)=NCCCC(NC(=O)COCc1cccc(Cl)c1)C(=O)O. The molecule has 0 radical (unpaired) electrons. The van der Waals surface area contributed by atoms with E-state index in [2.05, 4.69) is 10.3 Å². The number of halogens is 1. The van der Waals surface area contributed by atoms with Gasteiger partial charge in [0.2, 0.25) is 5.91 Å². The van der Waals surface area contributed by atoms with Gasteiger partial charge in [-0.15, -0.1) is 0 Å². The predicted molar refractivity (Wildman–Crippen MR) is 90.6 cm³/mol. The first-order chi connectivity index (χ1) is 11.4. The maximum absolute atomic E-state index is 11.8. The van der Waals surface area contributed by atoms with Crippen molar-refractivity contribution in [3.8, 4) is 0 Å². The van der Waals surface area contributed by atoms with Gasteiger partial charge in [-0.1, -0.05) is 23.7 Å². The summed E-state index contributed by atoms with van der Waals surface area (Å²) in [5.74, 6) is -1.69. The van der Waals surface area contributed by atoms with Crippen LogP contribution in [0.1, 0.15) is 18.4 Å². The molecule has 0 saturated heterocycles. The number of rotatable bonds is 10. The normalized spacial score (nSPS) is 11.5. The Morgan fingerprint density at radius 1 is 1.38 bits per heavy atom. The summed E-state index contributed by atoms with van der Waals surface area (Å²) in [5, 5.41) is 12.1. The number of ether oxygens (including phenoxy) is 1. The van der Waals surface area contributed by atoms with E-state index in [9.17, 15) is 9.59 Å². The van der Waals surface area contributed by atoms with Crippen LogP contribution in [0.25, 0.3) is 0 Å². The van der Waals surface area contributed by atoms with Crippen LogP contribution in [0.5, 0.6) is 0 Å². The summed E-state index contributed by atoms with van der Waals surface area (Å²) in [4.78, 5) is 26.7. The highest BCUT2D eigenvalue weighted by Gasteiger charge is 2.19. The van der Waals surface area contributed by atoms with E-state index in [1.807, 2.05) is 6.07 Å². The average molecular weight is 357 g/mol. The molecule has 1 unspecified atom stereocenters. The van der Waals surface area contributed by atoms with Crippen LogP contribution in [0, 0.1) is 0 Å². The number of carbonyl (C=O) groups excluding carboxylic acids is 1. The standard InChI is InChI=1S/C15H21ClN4O4/c16-11-4-1-3-10(7-11)8-24-9-13(21)20-12(14(22)23)5-2-6-19-15(17)18/h1,3-4,7,12H,2,5-6,8-9H2,(H,20,21)(H,22,23)(H4,17,18,19). The van der Waals surface area contributed by atoms with Gasteiger partial charge >= 0.3 is 5.97 Å². The Bertz CT molecular complexity index is 591. The lowest BCUT2D eigenvalue weighted by Gasteiger charge is -2.14. The molecule has 24 heavy (non-hydrogen) atoms. The highest BCUT2D eigenvalue weighted by molar-refractivity contribution is 6.30. The molecule has 132 valence electrons. The quantitative estimate of drug-likeness (QED) is 0.273. The van der Waals surface area contributed by atoms with Crippen molar-refractivity contribution in [2.75, 3.05) is 13.2 Å². The van der Waals surface area contributed by atoms with Crippen LogP contribution in [-0.4, -0.2) is 42.1 Å². The second-order valence-electron chi connectivity index (χ2n) is 5.03. The molecule has 0 aromatic heterocycles. The van der Waals surface area contributed by atoms with Crippen LogP contribution in [0.3, 0.4) is 0 Å². The van der Waals surface area contributed by atoms with Gasteiger partial charge in [-0.05, 0) is 30.5 Å². The van der Waals surface area contributed by atoms with E-state index in [0.717, 1.165) is 5.56 Å². The Hall–Kier alpha value is -2.32. The molecule has 1 aromatic rings. The summed E-state index contributed by atoms with van der Waals surface area (Å²) in [6.45, 7) is 0.258. The molecule has 0 spiro atoms. The van der Waals surface area contributed by atoms with Crippen LogP contribution < -0.4 is 16.8 Å². The topological polar surface area (TPSA) is 140 Å². The molecule has 1 aromatic carbocycles. The monoisotopic (exact) mass is 356 g/mol. The zero-order valence-electron chi connectivity index (χ0n) is 13.1. The minimum atomic E-state index is -1.12. The molecule has 0 aliphatic heterocycles. The number of guanidine groups is 1. The molecule has 0 aliphatic carbocycles. The molecular weight excluding hydrogens is 336 g/mol. The lowest BCUT2D eigenvalue weighted by Crippen LogP contribution is -2.42. The number of carbonyl (C=O) groups is 2. The Kier molecular flexibility index (Phi) is 8.59. The summed E-state index contributed by atoms with van der Waals surface area (Å²) in [5.41, 5.74) is 11.2. The van der Waals surface area contributed by atoms with Gasteiger partial charge in [0, 0.05) is 11.6 Å². The smallest absolute Gasteiger partial charge is 0.326 e. The zero-order chi connectivity index (χ0) is 17.9. The van der Waals surface area contributed by atoms with Crippen LogP contribution >= 0.6 is 11.6 Å². The van der Waals surface area contributed by atoms with Gasteiger partial charge in [-0.2, -0.15) is 0 Å². The summed E-state index contributed by atoms with van der Waals surface area (Å²) in [6.07, 6.45) is 0.644. The second kappa shape index (κ2) is 10.5. The van der Waals surface area contributed by atoms with Gasteiger partial charge in [0.25, 0.3) is 0 Å². The highest BCUT2D eigenvalue weighted by Crippen LogP contribution is 2.11. The molecule has 0 aliphatic rings. The molecular formula is C15H21ClN4O4. The Balaban J connectivity index is 2.34. The molecule has 8 nitrogen and oxygen atoms in total. The van der Waals surface area contributed by atoms with Crippen LogP contribution in [-0.2, 0) is 20.9 Å². The molecule has 1 atom stereocenters. The Morgan fingerprint density at radius 3 is 2.75 bits per heavy atom. The number of carboxylic acids is 1. The fourth-order valence-corrected chi connectivity index (χ4v) is 2.10. The van der Waals surface area contributed by atoms with Crippen molar-refractivity contribution in [1.29, 1.82) is 0 Å². The van der Waals surface area contributed by atoms with E-state index in [1.165, 1.54) is 0 Å². The summed E-state index contributed by atoms with van der Waals surface area (Å²) < 4.78 is 5.26. The van der Waals surface area contributed by atoms with E-state index in [-0.39, 0.29) is 25.6 Å². The largest absolute Gasteiger partial charge is 0.480 e. The summed E-state index contributed by atoms with van der Waals surface area (Å²) in [6, 6.07) is 6.04. The second-order valence-corrected chi connectivity index (χ2v) is 5.47. The van der Waals surface area contributed by atoms with E-state index in [4.69, 9.17) is 32.9 Å². The highest BCUT2D eigenvalue weighted by atomic mass is 35.5. The molecule has 0 heterocycles. The third-order valence-electron chi connectivity index (χ3n) is 2.97. The van der Waals surface area contributed by atoms with E-state index < -0.39 is 17.9 Å². The minimum Gasteiger partial charge on any atom is -0.480 e. The van der Waals surface area contributed by atoms with Crippen molar-refractivity contribution in [2.24, 2.45) is 16.5 Å². The van der Waals surface area contributed by atoms with Crippen LogP contribution in [0.2, 0.25) is 5.02 Å². The lowest BCUT2D eigenvalue weighted by atomic mass is 10.1. The fraction of sp³-hybridized carbons (Fsp3) is 0.400. The zero-order valence-corrected chi connectivity index (χ0v) is 13.8. The predicted octanol–water partition coefficient (Wildman–Crippen LogP) is 0.480. The number of nitrogens with one attached hydrogen (secondary N) is 1.